The summed E-state index contributed by atoms with van der Waals surface area (Å²) in [6.07, 6.45) is 5.38. The van der Waals surface area contributed by atoms with Gasteiger partial charge in [-0.3, -0.25) is 14.5 Å². The van der Waals surface area contributed by atoms with Gasteiger partial charge in [-0.05, 0) is 48.9 Å². The molecule has 3 nitrogen and oxygen atoms in total. The molecule has 0 bridgehead atoms. The van der Waals surface area contributed by atoms with Gasteiger partial charge in [0.25, 0.3) is 0 Å². The fraction of sp³-hybridized carbons (Fsp3) is 0.500. The molecular weight excluding hydrogens is 318 g/mol. The maximum Gasteiger partial charge on any atom is 0.234 e. The fourth-order valence-electron chi connectivity index (χ4n) is 3.61. The molecule has 1 saturated carbocycles. The Kier molecular flexibility index (Phi) is 3.44. The lowest BCUT2D eigenvalue weighted by Gasteiger charge is -2.37. The average Bonchev–Trinajstić information content (AvgIpc) is 2.74. The van der Waals surface area contributed by atoms with Crippen LogP contribution in [0, 0.1) is 12.3 Å². The van der Waals surface area contributed by atoms with Crippen LogP contribution in [0.5, 0.6) is 0 Å². The Hall–Kier alpha value is -1.16. The number of anilines is 1. The van der Waals surface area contributed by atoms with E-state index in [1.54, 1.807) is 0 Å². The number of carbonyl (C=O) groups is 2. The van der Waals surface area contributed by atoms with Gasteiger partial charge in [0.05, 0.1) is 5.69 Å². The van der Waals surface area contributed by atoms with Crippen molar-refractivity contribution in [3.8, 4) is 0 Å². The highest BCUT2D eigenvalue weighted by Gasteiger charge is 2.45. The third kappa shape index (κ3) is 2.41. The number of carbonyl (C=O) groups excluding carboxylic acids is 2. The third-order valence-electron chi connectivity index (χ3n) is 4.50. The van der Waals surface area contributed by atoms with Crippen LogP contribution in [0.15, 0.2) is 22.7 Å². The Morgan fingerprint density at radius 3 is 2.20 bits per heavy atom. The number of aryl methyl sites for hydroxylation is 1. The predicted molar refractivity (Wildman–Crippen MR) is 81.5 cm³/mol. The molecule has 1 aliphatic carbocycles. The predicted octanol–water partition coefficient (Wildman–Crippen LogP) is 3.97. The van der Waals surface area contributed by atoms with Crippen LogP contribution in [0.2, 0.25) is 0 Å². The van der Waals surface area contributed by atoms with Gasteiger partial charge < -0.3 is 0 Å². The number of piperidine rings is 1. The van der Waals surface area contributed by atoms with Crippen molar-refractivity contribution in [1.82, 2.24) is 0 Å². The zero-order valence-corrected chi connectivity index (χ0v) is 13.2. The smallest absolute Gasteiger partial charge is 0.234 e. The van der Waals surface area contributed by atoms with Gasteiger partial charge in [-0.25, -0.2) is 0 Å². The summed E-state index contributed by atoms with van der Waals surface area (Å²) in [6, 6.07) is 5.71. The Morgan fingerprint density at radius 2 is 1.65 bits per heavy atom. The van der Waals surface area contributed by atoms with Crippen molar-refractivity contribution >= 4 is 33.4 Å². The third-order valence-corrected chi connectivity index (χ3v) is 4.96. The number of imide groups is 1. The average molecular weight is 336 g/mol. The zero-order valence-electron chi connectivity index (χ0n) is 11.6. The van der Waals surface area contributed by atoms with Crippen molar-refractivity contribution in [1.29, 1.82) is 0 Å². The summed E-state index contributed by atoms with van der Waals surface area (Å²) < 4.78 is 0.897. The van der Waals surface area contributed by atoms with E-state index in [0.29, 0.717) is 18.5 Å². The Balaban J connectivity index is 1.91. The Labute approximate surface area is 127 Å². The molecule has 1 saturated heterocycles. The maximum absolute atomic E-state index is 12.5. The molecule has 2 fully saturated rings. The van der Waals surface area contributed by atoms with Crippen LogP contribution in [0.4, 0.5) is 5.69 Å². The molecule has 1 aromatic rings. The minimum atomic E-state index is -0.0411. The monoisotopic (exact) mass is 335 g/mol. The van der Waals surface area contributed by atoms with Crippen LogP contribution >= 0.6 is 15.9 Å². The molecule has 4 heteroatoms. The number of nitrogens with zero attached hydrogens (tertiary/aromatic N) is 1. The summed E-state index contributed by atoms with van der Waals surface area (Å²) in [6.45, 7) is 1.96. The standard InChI is InChI=1S/C16H18BrNO2/c1-11-6-12(17)8-13(7-11)18-14(19)9-16(10-15(18)20)4-2-3-5-16/h6-8H,2-5,9-10H2,1H3. The molecule has 2 amide bonds. The van der Waals surface area contributed by atoms with Crippen molar-refractivity contribution in [3.63, 3.8) is 0 Å². The first kappa shape index (κ1) is 13.8. The van der Waals surface area contributed by atoms with E-state index in [0.717, 1.165) is 35.7 Å². The largest absolute Gasteiger partial charge is 0.274 e. The van der Waals surface area contributed by atoms with E-state index in [1.165, 1.54) is 4.90 Å². The van der Waals surface area contributed by atoms with Gasteiger partial charge in [0, 0.05) is 17.3 Å². The van der Waals surface area contributed by atoms with E-state index in [4.69, 9.17) is 0 Å². The molecule has 1 aromatic carbocycles. The molecule has 0 atom stereocenters. The first-order valence-corrected chi connectivity index (χ1v) is 7.91. The van der Waals surface area contributed by atoms with Crippen LogP contribution in [0.25, 0.3) is 0 Å². The van der Waals surface area contributed by atoms with Gasteiger partial charge >= 0.3 is 0 Å². The molecule has 2 aliphatic rings. The second kappa shape index (κ2) is 4.99. The van der Waals surface area contributed by atoms with Gasteiger partial charge in [-0.1, -0.05) is 28.8 Å². The molecule has 1 heterocycles. The first-order valence-electron chi connectivity index (χ1n) is 7.12. The minimum absolute atomic E-state index is 0.0360. The quantitative estimate of drug-likeness (QED) is 0.728. The lowest BCUT2D eigenvalue weighted by atomic mass is 9.76. The summed E-state index contributed by atoms with van der Waals surface area (Å²) in [5, 5.41) is 0. The molecule has 0 N–H and O–H groups in total. The number of hydrogen-bond donors (Lipinski definition) is 0. The number of hydrogen-bond acceptors (Lipinski definition) is 2. The summed E-state index contributed by atoms with van der Waals surface area (Å²) in [5.74, 6) is -0.0821. The minimum Gasteiger partial charge on any atom is -0.274 e. The number of benzene rings is 1. The van der Waals surface area contributed by atoms with Crippen LogP contribution in [-0.2, 0) is 9.59 Å². The van der Waals surface area contributed by atoms with Gasteiger partial charge in [-0.15, -0.1) is 0 Å². The maximum atomic E-state index is 12.5. The molecular formula is C16H18BrNO2. The Bertz CT molecular complexity index is 536. The van der Waals surface area contributed by atoms with Crippen molar-refractivity contribution < 1.29 is 9.59 Å². The molecule has 0 unspecified atom stereocenters. The lowest BCUT2D eigenvalue weighted by Crippen LogP contribution is -2.47. The molecule has 1 spiro atoms. The van der Waals surface area contributed by atoms with E-state index in [-0.39, 0.29) is 17.2 Å². The molecule has 0 radical (unpaired) electrons. The normalized spacial score (nSPS) is 21.8. The van der Waals surface area contributed by atoms with Gasteiger partial charge in [0.15, 0.2) is 0 Å². The van der Waals surface area contributed by atoms with E-state index in [9.17, 15) is 9.59 Å². The van der Waals surface area contributed by atoms with Crippen LogP contribution in [0.3, 0.4) is 0 Å². The first-order chi connectivity index (χ1) is 9.49. The van der Waals surface area contributed by atoms with Crippen LogP contribution < -0.4 is 4.90 Å². The highest BCUT2D eigenvalue weighted by molar-refractivity contribution is 9.10. The van der Waals surface area contributed by atoms with Crippen molar-refractivity contribution in [3.05, 3.63) is 28.2 Å². The van der Waals surface area contributed by atoms with E-state index >= 15 is 0 Å². The summed E-state index contributed by atoms with van der Waals surface area (Å²) in [7, 11) is 0. The molecule has 1 aliphatic heterocycles. The summed E-state index contributed by atoms with van der Waals surface area (Å²) in [5.41, 5.74) is 1.70. The summed E-state index contributed by atoms with van der Waals surface area (Å²) >= 11 is 3.43. The van der Waals surface area contributed by atoms with Gasteiger partial charge in [-0.2, -0.15) is 0 Å². The van der Waals surface area contributed by atoms with Crippen molar-refractivity contribution in [2.45, 2.75) is 45.4 Å². The number of amides is 2. The van der Waals surface area contributed by atoms with Crippen molar-refractivity contribution in [2.24, 2.45) is 5.41 Å². The second-order valence-electron chi connectivity index (χ2n) is 6.17. The molecule has 3 rings (SSSR count). The van der Waals surface area contributed by atoms with Gasteiger partial charge in [0.1, 0.15) is 0 Å². The van der Waals surface area contributed by atoms with Crippen LogP contribution in [-0.4, -0.2) is 11.8 Å². The zero-order chi connectivity index (χ0) is 14.3. The molecule has 20 heavy (non-hydrogen) atoms. The SMILES string of the molecule is Cc1cc(Br)cc(N2C(=O)CC3(CCCC3)CC2=O)c1. The fourth-order valence-corrected chi connectivity index (χ4v) is 4.21. The lowest BCUT2D eigenvalue weighted by molar-refractivity contribution is -0.133. The van der Waals surface area contributed by atoms with Crippen LogP contribution in [0.1, 0.15) is 44.1 Å². The highest BCUT2D eigenvalue weighted by atomic mass is 79.9. The van der Waals surface area contributed by atoms with Crippen molar-refractivity contribution in [2.75, 3.05) is 4.90 Å². The van der Waals surface area contributed by atoms with E-state index in [2.05, 4.69) is 15.9 Å². The van der Waals surface area contributed by atoms with Gasteiger partial charge in [0.2, 0.25) is 11.8 Å². The van der Waals surface area contributed by atoms with E-state index in [1.807, 2.05) is 25.1 Å². The topological polar surface area (TPSA) is 37.4 Å². The number of rotatable bonds is 1. The summed E-state index contributed by atoms with van der Waals surface area (Å²) in [4.78, 5) is 26.3. The van der Waals surface area contributed by atoms with E-state index < -0.39 is 0 Å². The second-order valence-corrected chi connectivity index (χ2v) is 7.09. The Morgan fingerprint density at radius 1 is 1.05 bits per heavy atom. The molecule has 0 aromatic heterocycles. The highest BCUT2D eigenvalue weighted by Crippen LogP contribution is 2.47. The number of halogens is 1. The molecule has 106 valence electrons.